The van der Waals surface area contributed by atoms with Crippen LogP contribution in [-0.2, 0) is 25.9 Å². The van der Waals surface area contributed by atoms with Gasteiger partial charge in [-0.25, -0.2) is 4.98 Å². The van der Waals surface area contributed by atoms with Crippen molar-refractivity contribution in [3.63, 3.8) is 0 Å². The van der Waals surface area contributed by atoms with Crippen molar-refractivity contribution in [2.75, 3.05) is 0 Å². The van der Waals surface area contributed by atoms with Crippen LogP contribution >= 0.6 is 11.3 Å². The standard InChI is InChI=1S/C17H25N5S/c1-11(2)6-16-19-20-17-7-13-4-5-14(8-22(16)17)21(13)9-15-12(3)18-10-23-15/h10-11,13-14H,4-9H2,1-3H3/t13-,14+/m0/s1. The molecule has 1 fully saturated rings. The van der Waals surface area contributed by atoms with Crippen LogP contribution in [0.4, 0.5) is 0 Å². The molecule has 2 bridgehead atoms. The second kappa shape index (κ2) is 5.98. The molecule has 0 aromatic carbocycles. The molecule has 23 heavy (non-hydrogen) atoms. The Hall–Kier alpha value is -1.27. The Morgan fingerprint density at radius 1 is 1.26 bits per heavy atom. The molecule has 5 nitrogen and oxygen atoms in total. The molecule has 6 heteroatoms. The van der Waals surface area contributed by atoms with Gasteiger partial charge in [0.2, 0.25) is 0 Å². The van der Waals surface area contributed by atoms with E-state index in [4.69, 9.17) is 0 Å². The number of nitrogens with zero attached hydrogens (tertiary/aromatic N) is 5. The van der Waals surface area contributed by atoms with Gasteiger partial charge in [-0.05, 0) is 25.7 Å². The number of hydrogen-bond donors (Lipinski definition) is 0. The Kier molecular flexibility index (Phi) is 3.97. The third-order valence-electron chi connectivity index (χ3n) is 5.25. The highest BCUT2D eigenvalue weighted by atomic mass is 32.1. The second-order valence-corrected chi connectivity index (χ2v) is 8.30. The van der Waals surface area contributed by atoms with Crippen LogP contribution in [0.3, 0.4) is 0 Å². The van der Waals surface area contributed by atoms with Gasteiger partial charge >= 0.3 is 0 Å². The normalized spacial score (nSPS) is 24.2. The summed E-state index contributed by atoms with van der Waals surface area (Å²) in [4.78, 5) is 8.54. The molecule has 0 spiro atoms. The molecule has 4 rings (SSSR count). The van der Waals surface area contributed by atoms with E-state index in [9.17, 15) is 0 Å². The van der Waals surface area contributed by atoms with E-state index in [1.54, 1.807) is 11.3 Å². The van der Waals surface area contributed by atoms with Gasteiger partial charge in [0, 0.05) is 42.9 Å². The van der Waals surface area contributed by atoms with Crippen LogP contribution in [0, 0.1) is 12.8 Å². The molecule has 0 aliphatic carbocycles. The fourth-order valence-electron chi connectivity index (χ4n) is 4.00. The summed E-state index contributed by atoms with van der Waals surface area (Å²) in [6, 6.07) is 1.23. The summed E-state index contributed by atoms with van der Waals surface area (Å²) in [5.41, 5.74) is 3.17. The minimum absolute atomic E-state index is 0.610. The minimum atomic E-state index is 0.610. The van der Waals surface area contributed by atoms with E-state index in [2.05, 4.69) is 45.4 Å². The fourth-order valence-corrected chi connectivity index (χ4v) is 4.79. The molecule has 0 saturated carbocycles. The second-order valence-electron chi connectivity index (χ2n) is 7.36. The number of fused-ring (bicyclic) bond motifs is 3. The van der Waals surface area contributed by atoms with Crippen molar-refractivity contribution in [3.8, 4) is 0 Å². The third-order valence-corrected chi connectivity index (χ3v) is 6.17. The molecule has 0 N–H and O–H groups in total. The van der Waals surface area contributed by atoms with Gasteiger partial charge in [0.1, 0.15) is 11.6 Å². The first-order valence-electron chi connectivity index (χ1n) is 8.67. The van der Waals surface area contributed by atoms with Crippen LogP contribution < -0.4 is 0 Å². The van der Waals surface area contributed by atoms with Crippen molar-refractivity contribution in [2.45, 2.75) is 71.6 Å². The van der Waals surface area contributed by atoms with E-state index >= 15 is 0 Å². The maximum absolute atomic E-state index is 4.51. The lowest BCUT2D eigenvalue weighted by atomic mass is 10.1. The summed E-state index contributed by atoms with van der Waals surface area (Å²) in [6.45, 7) is 8.73. The number of hydrogen-bond acceptors (Lipinski definition) is 5. The Labute approximate surface area is 141 Å². The lowest BCUT2D eigenvalue weighted by Gasteiger charge is -2.27. The smallest absolute Gasteiger partial charge is 0.134 e. The fraction of sp³-hybridized carbons (Fsp3) is 0.706. The summed E-state index contributed by atoms with van der Waals surface area (Å²) in [5, 5.41) is 8.99. The van der Waals surface area contributed by atoms with Gasteiger partial charge < -0.3 is 4.57 Å². The predicted molar refractivity (Wildman–Crippen MR) is 91.5 cm³/mol. The topological polar surface area (TPSA) is 46.8 Å². The summed E-state index contributed by atoms with van der Waals surface area (Å²) in [5.74, 6) is 3.00. The van der Waals surface area contributed by atoms with Gasteiger partial charge in [0.05, 0.1) is 11.2 Å². The zero-order valence-corrected chi connectivity index (χ0v) is 15.0. The molecule has 1 saturated heterocycles. The highest BCUT2D eigenvalue weighted by Gasteiger charge is 2.38. The zero-order chi connectivity index (χ0) is 16.0. The average molecular weight is 331 g/mol. The number of thiazole rings is 1. The molecule has 124 valence electrons. The Bertz CT molecular complexity index is 689. The van der Waals surface area contributed by atoms with E-state index in [0.29, 0.717) is 18.0 Å². The van der Waals surface area contributed by atoms with Gasteiger partial charge in [0.25, 0.3) is 0 Å². The quantitative estimate of drug-likeness (QED) is 0.864. The molecule has 2 atom stereocenters. The summed E-state index contributed by atoms with van der Waals surface area (Å²) < 4.78 is 2.41. The van der Waals surface area contributed by atoms with E-state index in [1.165, 1.54) is 35.1 Å². The van der Waals surface area contributed by atoms with Crippen LogP contribution in [0.5, 0.6) is 0 Å². The lowest BCUT2D eigenvalue weighted by molar-refractivity contribution is 0.181. The SMILES string of the molecule is Cc1ncsc1CN1[C@@H]2CC[C@H]1Cc1nnc(CC(C)C)n1C2. The highest BCUT2D eigenvalue weighted by molar-refractivity contribution is 7.09. The van der Waals surface area contributed by atoms with Crippen LogP contribution in [0.1, 0.15) is 48.9 Å². The largest absolute Gasteiger partial charge is 0.313 e. The van der Waals surface area contributed by atoms with Gasteiger partial charge in [-0.3, -0.25) is 4.90 Å². The van der Waals surface area contributed by atoms with E-state index < -0.39 is 0 Å². The molecule has 2 aromatic heterocycles. The number of aryl methyl sites for hydroxylation is 1. The predicted octanol–water partition coefficient (Wildman–Crippen LogP) is 2.83. The first kappa shape index (κ1) is 15.3. The maximum Gasteiger partial charge on any atom is 0.134 e. The van der Waals surface area contributed by atoms with Crippen molar-refractivity contribution < 1.29 is 0 Å². The van der Waals surface area contributed by atoms with Crippen LogP contribution in [0.2, 0.25) is 0 Å². The third kappa shape index (κ3) is 2.83. The van der Waals surface area contributed by atoms with Crippen LogP contribution in [0.25, 0.3) is 0 Å². The molecule has 0 radical (unpaired) electrons. The molecule has 0 unspecified atom stereocenters. The number of aromatic nitrogens is 4. The molecule has 0 amide bonds. The summed E-state index contributed by atoms with van der Waals surface area (Å²) in [7, 11) is 0. The first-order valence-corrected chi connectivity index (χ1v) is 9.55. The Morgan fingerprint density at radius 2 is 2.09 bits per heavy atom. The van der Waals surface area contributed by atoms with Crippen LogP contribution in [0.15, 0.2) is 5.51 Å². The minimum Gasteiger partial charge on any atom is -0.313 e. The lowest BCUT2D eigenvalue weighted by Crippen LogP contribution is -2.36. The van der Waals surface area contributed by atoms with Gasteiger partial charge in [-0.2, -0.15) is 0 Å². The highest BCUT2D eigenvalue weighted by Crippen LogP contribution is 2.34. The van der Waals surface area contributed by atoms with E-state index in [-0.39, 0.29) is 0 Å². The Morgan fingerprint density at radius 3 is 2.83 bits per heavy atom. The van der Waals surface area contributed by atoms with Crippen molar-refractivity contribution in [1.29, 1.82) is 0 Å². The molecular weight excluding hydrogens is 306 g/mol. The molecule has 2 aromatic rings. The van der Waals surface area contributed by atoms with Crippen molar-refractivity contribution in [2.24, 2.45) is 5.92 Å². The summed E-state index contributed by atoms with van der Waals surface area (Å²) in [6.07, 6.45) is 4.65. The van der Waals surface area contributed by atoms with Crippen molar-refractivity contribution in [1.82, 2.24) is 24.6 Å². The van der Waals surface area contributed by atoms with Gasteiger partial charge in [-0.1, -0.05) is 13.8 Å². The molecular formula is C17H25N5S. The monoisotopic (exact) mass is 331 g/mol. The molecule has 4 heterocycles. The van der Waals surface area contributed by atoms with Gasteiger partial charge in [-0.15, -0.1) is 21.5 Å². The van der Waals surface area contributed by atoms with Gasteiger partial charge in [0.15, 0.2) is 0 Å². The van der Waals surface area contributed by atoms with E-state index in [1.807, 2.05) is 5.51 Å². The number of rotatable bonds is 4. The zero-order valence-electron chi connectivity index (χ0n) is 14.2. The van der Waals surface area contributed by atoms with Crippen LogP contribution in [-0.4, -0.2) is 36.7 Å². The van der Waals surface area contributed by atoms with E-state index in [0.717, 1.165) is 25.9 Å². The molecule has 2 aliphatic rings. The van der Waals surface area contributed by atoms with Crippen molar-refractivity contribution in [3.05, 3.63) is 27.7 Å². The average Bonchev–Trinajstić information content (AvgIpc) is 3.12. The first-order chi connectivity index (χ1) is 11.1. The van der Waals surface area contributed by atoms with Crippen molar-refractivity contribution >= 4 is 11.3 Å². The molecule has 2 aliphatic heterocycles. The Balaban J connectivity index is 1.58. The summed E-state index contributed by atoms with van der Waals surface area (Å²) >= 11 is 1.79. The maximum atomic E-state index is 4.51.